The number of anilines is 1. The van der Waals surface area contributed by atoms with Crippen LogP contribution in [-0.4, -0.2) is 11.7 Å². The molecule has 0 atom stereocenters. The fourth-order valence-electron chi connectivity index (χ4n) is 0.912. The van der Waals surface area contributed by atoms with Crippen molar-refractivity contribution in [2.45, 2.75) is 20.2 Å². The smallest absolute Gasteiger partial charge is 0.231 e. The molecule has 80 valence electrons. The van der Waals surface area contributed by atoms with Crippen LogP contribution in [0.25, 0.3) is 0 Å². The molecule has 0 heterocycles. The minimum Gasteiger partial charge on any atom is -0.326 e. The van der Waals surface area contributed by atoms with Gasteiger partial charge in [0.15, 0.2) is 0 Å². The highest BCUT2D eigenvalue weighted by molar-refractivity contribution is 6.04. The van der Waals surface area contributed by atoms with Gasteiger partial charge in [0.05, 0.1) is 6.37 Å². The van der Waals surface area contributed by atoms with Crippen molar-refractivity contribution in [3.05, 3.63) is 30.3 Å². The Kier molecular flexibility index (Phi) is 2.69. The number of nitrogens with one attached hydrogen (secondary N) is 1. The molecule has 3 heteroatoms. The van der Waals surface area contributed by atoms with Gasteiger partial charge >= 0.3 is 0 Å². The van der Waals surface area contributed by atoms with Gasteiger partial charge in [0, 0.05) is 15.7 Å². The molecule has 0 spiro atoms. The SMILES string of the molecule is [2H]C(C)(C)C(=O)C([2H])([2H])C(=O)Nc1ccccc1. The molecular formula is C12H15NO2. The third-order valence-electron chi connectivity index (χ3n) is 1.71. The van der Waals surface area contributed by atoms with Crippen LogP contribution in [0.4, 0.5) is 5.69 Å². The van der Waals surface area contributed by atoms with Gasteiger partial charge in [0.1, 0.15) is 5.78 Å². The van der Waals surface area contributed by atoms with Gasteiger partial charge in [0.25, 0.3) is 0 Å². The van der Waals surface area contributed by atoms with Crippen LogP contribution < -0.4 is 5.32 Å². The number of para-hydroxylation sites is 1. The number of ketones is 1. The number of rotatable bonds is 4. The molecule has 0 aliphatic rings. The summed E-state index contributed by atoms with van der Waals surface area (Å²) in [5.41, 5.74) is 0.405. The zero-order valence-corrected chi connectivity index (χ0v) is 8.70. The minimum atomic E-state index is -2.72. The molecule has 0 aliphatic heterocycles. The van der Waals surface area contributed by atoms with Crippen LogP contribution in [0, 0.1) is 5.89 Å². The lowest BCUT2D eigenvalue weighted by Crippen LogP contribution is -2.19. The first-order valence-corrected chi connectivity index (χ1v) is 4.57. The van der Waals surface area contributed by atoms with Gasteiger partial charge in [0.2, 0.25) is 5.91 Å². The Bertz CT molecular complexity index is 452. The van der Waals surface area contributed by atoms with Crippen LogP contribution in [0.1, 0.15) is 24.3 Å². The van der Waals surface area contributed by atoms with Gasteiger partial charge in [-0.3, -0.25) is 9.59 Å². The highest BCUT2D eigenvalue weighted by Crippen LogP contribution is 2.06. The largest absolute Gasteiger partial charge is 0.326 e. The molecule has 1 N–H and O–H groups in total. The average Bonchev–Trinajstić information content (AvgIpc) is 2.28. The Morgan fingerprint density at radius 2 is 2.00 bits per heavy atom. The number of carbonyl (C=O) groups excluding carboxylic acids is 2. The van der Waals surface area contributed by atoms with Crippen molar-refractivity contribution in [2.24, 2.45) is 5.89 Å². The lowest BCUT2D eigenvalue weighted by atomic mass is 10.1. The first kappa shape index (κ1) is 7.63. The summed E-state index contributed by atoms with van der Waals surface area (Å²) in [6.45, 7) is 2.51. The fourth-order valence-corrected chi connectivity index (χ4v) is 0.912. The number of amides is 1. The third kappa shape index (κ3) is 3.94. The van der Waals surface area contributed by atoms with E-state index in [0.717, 1.165) is 0 Å². The van der Waals surface area contributed by atoms with E-state index in [9.17, 15) is 9.59 Å². The van der Waals surface area contributed by atoms with Crippen LogP contribution in [0.3, 0.4) is 0 Å². The molecule has 15 heavy (non-hydrogen) atoms. The van der Waals surface area contributed by atoms with Crippen LogP contribution in [-0.2, 0) is 9.59 Å². The van der Waals surface area contributed by atoms with Crippen molar-refractivity contribution < 1.29 is 13.7 Å². The van der Waals surface area contributed by atoms with Gasteiger partial charge in [-0.05, 0) is 12.1 Å². The van der Waals surface area contributed by atoms with E-state index in [1.807, 2.05) is 0 Å². The summed E-state index contributed by atoms with van der Waals surface area (Å²) < 4.78 is 22.6. The Morgan fingerprint density at radius 1 is 1.40 bits per heavy atom. The van der Waals surface area contributed by atoms with Crippen molar-refractivity contribution >= 4 is 17.4 Å². The second-order valence-corrected chi connectivity index (χ2v) is 3.27. The maximum atomic E-state index is 11.7. The first-order valence-electron chi connectivity index (χ1n) is 6.07. The maximum Gasteiger partial charge on any atom is 0.231 e. The maximum absolute atomic E-state index is 11.7. The molecular weight excluding hydrogens is 190 g/mol. The molecule has 0 bridgehead atoms. The monoisotopic (exact) mass is 208 g/mol. The summed E-state index contributed by atoms with van der Waals surface area (Å²) in [7, 11) is 0. The molecule has 0 unspecified atom stereocenters. The molecule has 0 saturated heterocycles. The lowest BCUT2D eigenvalue weighted by molar-refractivity contribution is -0.127. The van der Waals surface area contributed by atoms with Crippen LogP contribution in [0.15, 0.2) is 30.3 Å². The summed E-state index contributed by atoms with van der Waals surface area (Å²) in [5, 5.41) is 2.32. The zero-order valence-electron chi connectivity index (χ0n) is 11.7. The van der Waals surface area contributed by atoms with Crippen LogP contribution >= 0.6 is 0 Å². The second-order valence-electron chi connectivity index (χ2n) is 3.27. The van der Waals surface area contributed by atoms with Crippen molar-refractivity contribution in [1.82, 2.24) is 0 Å². The molecule has 0 radical (unpaired) electrons. The van der Waals surface area contributed by atoms with Gasteiger partial charge in [-0.15, -0.1) is 0 Å². The highest BCUT2D eigenvalue weighted by atomic mass is 16.2. The average molecular weight is 208 g/mol. The van der Waals surface area contributed by atoms with E-state index in [1.165, 1.54) is 13.8 Å². The Labute approximate surface area is 93.7 Å². The van der Waals surface area contributed by atoms with Crippen molar-refractivity contribution in [3.63, 3.8) is 0 Å². The predicted octanol–water partition coefficient (Wildman–Crippen LogP) is 2.24. The number of Topliss-reactive ketones (excluding diaryl/α,β-unsaturated/α-hetero) is 1. The Balaban J connectivity index is 2.87. The van der Waals surface area contributed by atoms with Gasteiger partial charge in [-0.2, -0.15) is 0 Å². The van der Waals surface area contributed by atoms with E-state index in [0.29, 0.717) is 5.69 Å². The number of benzene rings is 1. The quantitative estimate of drug-likeness (QED) is 0.771. The summed E-state index contributed by atoms with van der Waals surface area (Å²) in [6, 6.07) is 8.29. The molecule has 0 aromatic heterocycles. The van der Waals surface area contributed by atoms with E-state index >= 15 is 0 Å². The van der Waals surface area contributed by atoms with E-state index in [2.05, 4.69) is 5.32 Å². The lowest BCUT2D eigenvalue weighted by Gasteiger charge is -2.05. The molecule has 0 aliphatic carbocycles. The molecule has 0 saturated carbocycles. The standard InChI is InChI=1S/C12H15NO2/c1-9(2)11(14)8-12(15)13-10-6-4-3-5-7-10/h3-7,9H,8H2,1-2H3,(H,13,15)/i8D2,9D. The van der Waals surface area contributed by atoms with E-state index in [-0.39, 0.29) is 0 Å². The van der Waals surface area contributed by atoms with E-state index in [4.69, 9.17) is 4.11 Å². The molecule has 1 rings (SSSR count). The Hall–Kier alpha value is -1.64. The Morgan fingerprint density at radius 3 is 2.53 bits per heavy atom. The topological polar surface area (TPSA) is 46.2 Å². The minimum absolute atomic E-state index is 0.405. The van der Waals surface area contributed by atoms with Crippen molar-refractivity contribution in [1.29, 1.82) is 0 Å². The molecule has 3 nitrogen and oxygen atoms in total. The number of carbonyl (C=O) groups is 2. The second kappa shape index (κ2) is 5.29. The normalized spacial score (nSPS) is 14.7. The van der Waals surface area contributed by atoms with E-state index in [1.54, 1.807) is 30.3 Å². The van der Waals surface area contributed by atoms with Crippen LogP contribution in [0.2, 0.25) is 0 Å². The molecule has 1 amide bonds. The molecule has 1 aromatic carbocycles. The summed E-state index contributed by atoms with van der Waals surface area (Å²) >= 11 is 0. The highest BCUT2D eigenvalue weighted by Gasteiger charge is 2.12. The van der Waals surface area contributed by atoms with Crippen molar-refractivity contribution in [3.8, 4) is 0 Å². The summed E-state index contributed by atoms with van der Waals surface area (Å²) in [6.07, 6.45) is -2.72. The summed E-state index contributed by atoms with van der Waals surface area (Å²) in [5.74, 6) is -3.78. The van der Waals surface area contributed by atoms with Crippen molar-refractivity contribution in [2.75, 3.05) is 5.32 Å². The van der Waals surface area contributed by atoms with Gasteiger partial charge in [-0.1, -0.05) is 32.0 Å². The van der Waals surface area contributed by atoms with Gasteiger partial charge in [-0.25, -0.2) is 0 Å². The first-order chi connectivity index (χ1) is 8.15. The third-order valence-corrected chi connectivity index (χ3v) is 1.71. The van der Waals surface area contributed by atoms with Gasteiger partial charge < -0.3 is 5.32 Å². The van der Waals surface area contributed by atoms with E-state index < -0.39 is 24.0 Å². The number of hydrogen-bond acceptors (Lipinski definition) is 2. The van der Waals surface area contributed by atoms with Crippen LogP contribution in [0.5, 0.6) is 0 Å². The summed E-state index contributed by atoms with van der Waals surface area (Å²) in [4.78, 5) is 23.4. The predicted molar refractivity (Wildman–Crippen MR) is 59.5 cm³/mol. The fraction of sp³-hybridized carbons (Fsp3) is 0.333. The molecule has 0 fully saturated rings. The number of hydrogen-bond donors (Lipinski definition) is 1. The molecule has 1 aromatic rings. The zero-order chi connectivity index (χ0) is 14.0.